The summed E-state index contributed by atoms with van der Waals surface area (Å²) in [5.41, 5.74) is 5.81. The van der Waals surface area contributed by atoms with E-state index in [4.69, 9.17) is 15.2 Å². The molecule has 1 unspecified atom stereocenters. The minimum Gasteiger partial charge on any atom is -0.382 e. The molecule has 0 saturated heterocycles. The lowest BCUT2D eigenvalue weighted by Crippen LogP contribution is -2.38. The second-order valence-electron chi connectivity index (χ2n) is 5.24. The summed E-state index contributed by atoms with van der Waals surface area (Å²) in [5.74, 6) is 1.27. The number of halogens is 1. The normalized spacial score (nSPS) is 13.2. The van der Waals surface area contributed by atoms with Gasteiger partial charge in [0.1, 0.15) is 0 Å². The van der Waals surface area contributed by atoms with Crippen molar-refractivity contribution in [2.45, 2.75) is 46.1 Å². The number of guanidine groups is 1. The number of aliphatic imine (C=N–C) groups is 1. The summed E-state index contributed by atoms with van der Waals surface area (Å²) in [5, 5.41) is 3.20. The van der Waals surface area contributed by atoms with Gasteiger partial charge in [0.25, 0.3) is 0 Å². The first-order valence-corrected chi connectivity index (χ1v) is 7.19. The Bertz CT molecular complexity index is 238. The molecular weight excluding hydrogens is 369 g/mol. The van der Waals surface area contributed by atoms with Gasteiger partial charge in [0.15, 0.2) is 5.96 Å². The van der Waals surface area contributed by atoms with Crippen LogP contribution in [0.2, 0.25) is 0 Å². The fraction of sp³-hybridized carbons (Fsp3) is 0.929. The molecule has 6 heteroatoms. The van der Waals surface area contributed by atoms with Crippen LogP contribution >= 0.6 is 24.0 Å². The van der Waals surface area contributed by atoms with Gasteiger partial charge in [-0.1, -0.05) is 26.7 Å². The molecule has 0 spiro atoms. The fourth-order valence-corrected chi connectivity index (χ4v) is 1.68. The van der Waals surface area contributed by atoms with Gasteiger partial charge in [-0.3, -0.25) is 4.99 Å². The van der Waals surface area contributed by atoms with Gasteiger partial charge in [0.2, 0.25) is 0 Å². The second-order valence-corrected chi connectivity index (χ2v) is 5.24. The van der Waals surface area contributed by atoms with E-state index in [2.05, 4.69) is 31.1 Å². The summed E-state index contributed by atoms with van der Waals surface area (Å²) in [7, 11) is 1.66. The van der Waals surface area contributed by atoms with E-state index in [1.807, 2.05) is 0 Å². The van der Waals surface area contributed by atoms with Gasteiger partial charge >= 0.3 is 0 Å². The van der Waals surface area contributed by atoms with E-state index >= 15 is 0 Å². The maximum Gasteiger partial charge on any atom is 0.188 e. The van der Waals surface area contributed by atoms with Crippen LogP contribution in [0.4, 0.5) is 0 Å². The highest BCUT2D eigenvalue weighted by molar-refractivity contribution is 14.0. The number of methoxy groups -OCH3 is 1. The van der Waals surface area contributed by atoms with Crippen LogP contribution in [-0.4, -0.2) is 45.5 Å². The highest BCUT2D eigenvalue weighted by atomic mass is 127. The predicted molar refractivity (Wildman–Crippen MR) is 95.9 cm³/mol. The number of hydrogen-bond donors (Lipinski definition) is 2. The molecule has 0 aromatic heterocycles. The van der Waals surface area contributed by atoms with Crippen molar-refractivity contribution >= 4 is 29.9 Å². The van der Waals surface area contributed by atoms with Crippen molar-refractivity contribution in [1.82, 2.24) is 5.32 Å². The highest BCUT2D eigenvalue weighted by Gasteiger charge is 2.03. The zero-order valence-electron chi connectivity index (χ0n) is 13.4. The van der Waals surface area contributed by atoms with Gasteiger partial charge in [0, 0.05) is 13.2 Å². The summed E-state index contributed by atoms with van der Waals surface area (Å²) in [6.45, 7) is 9.01. The lowest BCUT2D eigenvalue weighted by molar-refractivity contribution is 0.0748. The molecule has 122 valence electrons. The summed E-state index contributed by atoms with van der Waals surface area (Å²) in [6.07, 6.45) is 3.61. The van der Waals surface area contributed by atoms with Crippen molar-refractivity contribution in [1.29, 1.82) is 0 Å². The number of nitrogens with two attached hydrogens (primary N) is 1. The SMILES string of the molecule is COCCOCCN=C(N)NC(C)CCCC(C)C.I. The Hall–Kier alpha value is -0.0800. The van der Waals surface area contributed by atoms with Crippen LogP contribution in [-0.2, 0) is 9.47 Å². The number of rotatable bonds is 11. The molecule has 20 heavy (non-hydrogen) atoms. The average molecular weight is 401 g/mol. The van der Waals surface area contributed by atoms with E-state index in [-0.39, 0.29) is 24.0 Å². The van der Waals surface area contributed by atoms with Crippen LogP contribution in [0, 0.1) is 5.92 Å². The van der Waals surface area contributed by atoms with Crippen molar-refractivity contribution < 1.29 is 9.47 Å². The Balaban J connectivity index is 0. The van der Waals surface area contributed by atoms with E-state index < -0.39 is 0 Å². The zero-order chi connectivity index (χ0) is 14.5. The first-order valence-electron chi connectivity index (χ1n) is 7.19. The van der Waals surface area contributed by atoms with Gasteiger partial charge < -0.3 is 20.5 Å². The molecular formula is C14H32IN3O2. The van der Waals surface area contributed by atoms with E-state index in [0.717, 1.165) is 12.3 Å². The third-order valence-electron chi connectivity index (χ3n) is 2.76. The Kier molecular flexibility index (Phi) is 17.0. The molecule has 0 aliphatic rings. The van der Waals surface area contributed by atoms with Gasteiger partial charge in [0.05, 0.1) is 26.4 Å². The average Bonchev–Trinajstić information content (AvgIpc) is 2.33. The number of nitrogens with one attached hydrogen (secondary N) is 1. The van der Waals surface area contributed by atoms with E-state index in [1.54, 1.807) is 7.11 Å². The Labute approximate surface area is 141 Å². The smallest absolute Gasteiger partial charge is 0.188 e. The van der Waals surface area contributed by atoms with Crippen molar-refractivity contribution in [3.05, 3.63) is 0 Å². The third-order valence-corrected chi connectivity index (χ3v) is 2.76. The topological polar surface area (TPSA) is 68.9 Å². The van der Waals surface area contributed by atoms with Crippen molar-refractivity contribution in [2.75, 3.05) is 33.5 Å². The van der Waals surface area contributed by atoms with Gasteiger partial charge in [-0.25, -0.2) is 0 Å². The monoisotopic (exact) mass is 401 g/mol. The molecule has 0 aliphatic heterocycles. The summed E-state index contributed by atoms with van der Waals surface area (Å²) < 4.78 is 10.2. The highest BCUT2D eigenvalue weighted by Crippen LogP contribution is 2.07. The third kappa shape index (κ3) is 16.0. The fourth-order valence-electron chi connectivity index (χ4n) is 1.68. The molecule has 0 amide bonds. The lowest BCUT2D eigenvalue weighted by atomic mass is 10.0. The molecule has 0 aromatic rings. The molecule has 0 radical (unpaired) electrons. The molecule has 5 nitrogen and oxygen atoms in total. The number of hydrogen-bond acceptors (Lipinski definition) is 3. The summed E-state index contributed by atoms with van der Waals surface area (Å²) in [4.78, 5) is 4.22. The molecule has 0 heterocycles. The van der Waals surface area contributed by atoms with Crippen LogP contribution in [0.15, 0.2) is 4.99 Å². The minimum atomic E-state index is 0. The maximum atomic E-state index is 5.81. The molecule has 1 atom stereocenters. The molecule has 0 fully saturated rings. The second kappa shape index (κ2) is 15.3. The molecule has 0 bridgehead atoms. The predicted octanol–water partition coefficient (Wildman–Crippen LogP) is 2.39. The van der Waals surface area contributed by atoms with Gasteiger partial charge in [-0.15, -0.1) is 24.0 Å². The van der Waals surface area contributed by atoms with Crippen LogP contribution in [0.25, 0.3) is 0 Å². The maximum absolute atomic E-state index is 5.81. The van der Waals surface area contributed by atoms with Crippen molar-refractivity contribution in [3.8, 4) is 0 Å². The Morgan fingerprint density at radius 1 is 1.15 bits per heavy atom. The van der Waals surface area contributed by atoms with Crippen molar-refractivity contribution in [2.24, 2.45) is 16.6 Å². The zero-order valence-corrected chi connectivity index (χ0v) is 15.7. The Morgan fingerprint density at radius 3 is 2.45 bits per heavy atom. The van der Waals surface area contributed by atoms with Crippen molar-refractivity contribution in [3.63, 3.8) is 0 Å². The number of nitrogens with zero attached hydrogens (tertiary/aromatic N) is 1. The summed E-state index contributed by atoms with van der Waals surface area (Å²) >= 11 is 0. The van der Waals surface area contributed by atoms with Gasteiger partial charge in [-0.2, -0.15) is 0 Å². The minimum absolute atomic E-state index is 0. The molecule has 0 saturated carbocycles. The molecule has 0 aromatic carbocycles. The number of ether oxygens (including phenoxy) is 2. The van der Waals surface area contributed by atoms with Crippen LogP contribution in [0.3, 0.4) is 0 Å². The molecule has 3 N–H and O–H groups in total. The largest absolute Gasteiger partial charge is 0.382 e. The van der Waals surface area contributed by atoms with E-state index in [0.29, 0.717) is 38.4 Å². The van der Waals surface area contributed by atoms with Gasteiger partial charge in [-0.05, 0) is 19.3 Å². The first kappa shape index (κ1) is 22.2. The van der Waals surface area contributed by atoms with Crippen LogP contribution < -0.4 is 11.1 Å². The van der Waals surface area contributed by atoms with Crippen LogP contribution in [0.5, 0.6) is 0 Å². The van der Waals surface area contributed by atoms with E-state index in [9.17, 15) is 0 Å². The van der Waals surface area contributed by atoms with Crippen LogP contribution in [0.1, 0.15) is 40.0 Å². The lowest BCUT2D eigenvalue weighted by Gasteiger charge is -2.15. The molecule has 0 rings (SSSR count). The molecule has 0 aliphatic carbocycles. The van der Waals surface area contributed by atoms with E-state index in [1.165, 1.54) is 12.8 Å². The first-order chi connectivity index (χ1) is 9.06. The Morgan fingerprint density at radius 2 is 1.85 bits per heavy atom. The summed E-state index contributed by atoms with van der Waals surface area (Å²) in [6, 6.07) is 0.372. The quantitative estimate of drug-likeness (QED) is 0.242. The standard InChI is InChI=1S/C14H31N3O2.HI/c1-12(2)6-5-7-13(3)17-14(15)16-8-9-19-11-10-18-4;/h12-13H,5-11H2,1-4H3,(H3,15,16,17);1H.